The molecule has 1 unspecified atom stereocenters. The van der Waals surface area contributed by atoms with Gasteiger partial charge < -0.3 is 5.32 Å². The van der Waals surface area contributed by atoms with Gasteiger partial charge in [0.1, 0.15) is 5.82 Å². The van der Waals surface area contributed by atoms with E-state index in [-0.39, 0.29) is 17.1 Å². The number of aromatic nitrogens is 2. The minimum atomic E-state index is 0.0795. The maximum absolute atomic E-state index is 13.7. The van der Waals surface area contributed by atoms with Crippen LogP contribution in [0.3, 0.4) is 0 Å². The molecule has 5 rings (SSSR count). The van der Waals surface area contributed by atoms with E-state index in [4.69, 9.17) is 4.98 Å². The van der Waals surface area contributed by atoms with Crippen molar-refractivity contribution in [2.24, 2.45) is 0 Å². The predicted octanol–water partition coefficient (Wildman–Crippen LogP) is 4.99. The molecular weight excluding hydrogens is 508 g/mol. The molecular formula is C34H50N6O. The van der Waals surface area contributed by atoms with Crippen molar-refractivity contribution in [3.05, 3.63) is 75.8 Å². The number of likely N-dealkylation sites (tertiary alicyclic amines) is 1. The second-order valence-electron chi connectivity index (χ2n) is 12.7. The molecule has 0 bridgehead atoms. The van der Waals surface area contributed by atoms with Crippen molar-refractivity contribution in [3.8, 4) is 0 Å². The largest absolute Gasteiger partial charge is 0.309 e. The molecule has 1 aromatic heterocycles. The number of hydrogen-bond donors (Lipinski definition) is 1. The molecule has 41 heavy (non-hydrogen) atoms. The van der Waals surface area contributed by atoms with Gasteiger partial charge >= 0.3 is 0 Å². The number of rotatable bonds is 9. The van der Waals surface area contributed by atoms with Gasteiger partial charge in [-0.2, -0.15) is 0 Å². The average molecular weight is 559 g/mol. The van der Waals surface area contributed by atoms with E-state index in [0.717, 1.165) is 75.1 Å². The van der Waals surface area contributed by atoms with E-state index >= 15 is 0 Å². The summed E-state index contributed by atoms with van der Waals surface area (Å²) in [5.74, 6) is 0.932. The first kappa shape index (κ1) is 29.9. The minimum Gasteiger partial charge on any atom is -0.309 e. The van der Waals surface area contributed by atoms with Crippen molar-refractivity contribution in [3.63, 3.8) is 0 Å². The molecule has 0 saturated carbocycles. The molecule has 2 saturated heterocycles. The predicted molar refractivity (Wildman–Crippen MR) is 169 cm³/mol. The summed E-state index contributed by atoms with van der Waals surface area (Å²) in [6.07, 6.45) is 4.25. The van der Waals surface area contributed by atoms with Gasteiger partial charge in [0, 0.05) is 56.9 Å². The monoisotopic (exact) mass is 558 g/mol. The maximum Gasteiger partial charge on any atom is 0.261 e. The molecule has 1 N–H and O–H groups in total. The summed E-state index contributed by atoms with van der Waals surface area (Å²) in [6.45, 7) is 14.3. The molecule has 3 atom stereocenters. The average Bonchev–Trinajstić information content (AvgIpc) is 2.96. The summed E-state index contributed by atoms with van der Waals surface area (Å²) in [5, 5.41) is 4.38. The van der Waals surface area contributed by atoms with Crippen LogP contribution in [0.4, 0.5) is 0 Å². The Morgan fingerprint density at radius 3 is 2.32 bits per heavy atom. The Morgan fingerprint density at radius 2 is 1.71 bits per heavy atom. The number of nitrogens with zero attached hydrogens (tertiary/aromatic N) is 5. The Kier molecular flexibility index (Phi) is 9.29. The lowest BCUT2D eigenvalue weighted by atomic mass is 9.79. The third-order valence-electron chi connectivity index (χ3n) is 9.51. The smallest absolute Gasteiger partial charge is 0.261 e. The lowest BCUT2D eigenvalue weighted by Crippen LogP contribution is -2.55. The van der Waals surface area contributed by atoms with Gasteiger partial charge in [0.2, 0.25) is 0 Å². The molecule has 222 valence electrons. The van der Waals surface area contributed by atoms with Crippen LogP contribution in [0, 0.1) is 0 Å². The second-order valence-corrected chi connectivity index (χ2v) is 12.7. The quantitative estimate of drug-likeness (QED) is 0.399. The fourth-order valence-corrected chi connectivity index (χ4v) is 7.40. The Labute approximate surface area is 246 Å². The van der Waals surface area contributed by atoms with E-state index in [1.165, 1.54) is 11.1 Å². The van der Waals surface area contributed by atoms with Crippen molar-refractivity contribution in [1.29, 1.82) is 0 Å². The molecule has 3 heterocycles. The number of benzene rings is 2. The van der Waals surface area contributed by atoms with Crippen molar-refractivity contribution in [1.82, 2.24) is 29.6 Å². The molecule has 3 aromatic rings. The summed E-state index contributed by atoms with van der Waals surface area (Å²) < 4.78 is 1.93. The molecule has 2 aliphatic heterocycles. The highest BCUT2D eigenvalue weighted by atomic mass is 16.1. The lowest BCUT2D eigenvalue weighted by Gasteiger charge is -2.46. The third kappa shape index (κ3) is 6.14. The number of piperidine rings is 1. The van der Waals surface area contributed by atoms with Crippen LogP contribution in [0.25, 0.3) is 10.9 Å². The van der Waals surface area contributed by atoms with Crippen LogP contribution >= 0.6 is 0 Å². The number of nitrogens with one attached hydrogen (secondary N) is 1. The summed E-state index contributed by atoms with van der Waals surface area (Å²) in [4.78, 5) is 26.5. The van der Waals surface area contributed by atoms with Gasteiger partial charge in [-0.25, -0.2) is 4.98 Å². The van der Waals surface area contributed by atoms with Crippen LogP contribution in [-0.2, 0) is 18.6 Å². The second kappa shape index (κ2) is 12.7. The van der Waals surface area contributed by atoms with Crippen LogP contribution in [0.1, 0.15) is 76.4 Å². The highest BCUT2D eigenvalue weighted by Gasteiger charge is 2.38. The van der Waals surface area contributed by atoms with E-state index in [2.05, 4.69) is 104 Å². The van der Waals surface area contributed by atoms with E-state index in [1.807, 2.05) is 10.6 Å². The van der Waals surface area contributed by atoms with Gasteiger partial charge in [-0.3, -0.25) is 24.1 Å². The highest BCUT2D eigenvalue weighted by Crippen LogP contribution is 2.37. The summed E-state index contributed by atoms with van der Waals surface area (Å²) in [7, 11) is 4.43. The van der Waals surface area contributed by atoms with Gasteiger partial charge in [-0.1, -0.05) is 49.7 Å². The first-order valence-electron chi connectivity index (χ1n) is 15.7. The third-order valence-corrected chi connectivity index (χ3v) is 9.51. The van der Waals surface area contributed by atoms with E-state index in [1.54, 1.807) is 0 Å². The standard InChI is InChI=1S/C34H50N6O/c1-7-12-31(39-22-25(3)35-26(4)23-39)32-36-30-21-27(15-16-29(30)33(41)40(32)8-2)24-38-19-17-34(18-20-38,37(5)6)28-13-10-9-11-14-28/h9-11,13-16,21,25-26,31,35H,7-8,12,17-20,22-24H2,1-6H3/t25-,26+,31?. The normalized spacial score (nSPS) is 22.8. The minimum absolute atomic E-state index is 0.0795. The van der Waals surface area contributed by atoms with Crippen molar-refractivity contribution in [2.75, 3.05) is 40.3 Å². The Morgan fingerprint density at radius 1 is 1.02 bits per heavy atom. The Hall–Kier alpha value is -2.58. The van der Waals surface area contributed by atoms with Gasteiger partial charge in [-0.05, 0) is 77.4 Å². The zero-order chi connectivity index (χ0) is 29.1. The molecule has 0 spiro atoms. The molecule has 2 aromatic carbocycles. The van der Waals surface area contributed by atoms with Crippen LogP contribution in [0.5, 0.6) is 0 Å². The van der Waals surface area contributed by atoms with Gasteiger partial charge in [-0.15, -0.1) is 0 Å². The first-order chi connectivity index (χ1) is 19.8. The number of piperazine rings is 1. The van der Waals surface area contributed by atoms with Crippen LogP contribution in [-0.4, -0.2) is 76.6 Å². The lowest BCUT2D eigenvalue weighted by molar-refractivity contribution is 0.0507. The topological polar surface area (TPSA) is 56.6 Å². The zero-order valence-corrected chi connectivity index (χ0v) is 26.1. The molecule has 0 aliphatic carbocycles. The highest BCUT2D eigenvalue weighted by molar-refractivity contribution is 5.78. The van der Waals surface area contributed by atoms with Crippen LogP contribution < -0.4 is 10.9 Å². The molecule has 2 fully saturated rings. The van der Waals surface area contributed by atoms with Gasteiger partial charge in [0.15, 0.2) is 0 Å². The van der Waals surface area contributed by atoms with Crippen molar-refractivity contribution < 1.29 is 0 Å². The van der Waals surface area contributed by atoms with Gasteiger partial charge in [0.05, 0.1) is 16.9 Å². The molecule has 7 nitrogen and oxygen atoms in total. The van der Waals surface area contributed by atoms with Crippen molar-refractivity contribution >= 4 is 10.9 Å². The first-order valence-corrected chi connectivity index (χ1v) is 15.7. The maximum atomic E-state index is 13.7. The molecule has 0 radical (unpaired) electrons. The Bertz CT molecular complexity index is 1350. The number of fused-ring (bicyclic) bond motifs is 1. The fourth-order valence-electron chi connectivity index (χ4n) is 7.40. The van der Waals surface area contributed by atoms with Crippen molar-refractivity contribution in [2.45, 2.75) is 90.1 Å². The molecule has 0 amide bonds. The van der Waals surface area contributed by atoms with E-state index in [0.29, 0.717) is 18.6 Å². The zero-order valence-electron chi connectivity index (χ0n) is 26.1. The Balaban J connectivity index is 1.41. The summed E-state index contributed by atoms with van der Waals surface area (Å²) >= 11 is 0. The van der Waals surface area contributed by atoms with Crippen LogP contribution in [0.2, 0.25) is 0 Å². The van der Waals surface area contributed by atoms with E-state index < -0.39 is 0 Å². The summed E-state index contributed by atoms with van der Waals surface area (Å²) in [6, 6.07) is 18.3. The summed E-state index contributed by atoms with van der Waals surface area (Å²) in [5.41, 5.74) is 3.66. The fraction of sp³-hybridized carbons (Fsp3) is 0.588. The molecule has 7 heteroatoms. The van der Waals surface area contributed by atoms with Gasteiger partial charge in [0.25, 0.3) is 5.56 Å². The SMILES string of the molecule is CCCC(c1nc2cc(CN3CCC(c4ccccc4)(N(C)C)CC3)ccc2c(=O)n1CC)N1C[C@@H](C)N[C@@H](C)C1. The van der Waals surface area contributed by atoms with Crippen LogP contribution in [0.15, 0.2) is 53.3 Å². The molecule has 2 aliphatic rings. The number of hydrogen-bond acceptors (Lipinski definition) is 6. The van der Waals surface area contributed by atoms with E-state index in [9.17, 15) is 4.79 Å².